The van der Waals surface area contributed by atoms with Gasteiger partial charge in [-0.15, -0.1) is 0 Å². The van der Waals surface area contributed by atoms with Crippen molar-refractivity contribution < 1.29 is 4.79 Å². The molecule has 0 bridgehead atoms. The van der Waals surface area contributed by atoms with Crippen molar-refractivity contribution >= 4 is 5.91 Å². The first kappa shape index (κ1) is 14.4. The molecule has 0 saturated carbocycles. The van der Waals surface area contributed by atoms with E-state index in [4.69, 9.17) is 0 Å². The summed E-state index contributed by atoms with van der Waals surface area (Å²) in [5.74, 6) is 0.330. The summed E-state index contributed by atoms with van der Waals surface area (Å²) in [6, 6.07) is 0.590. The minimum atomic E-state index is 0.101. The van der Waals surface area contributed by atoms with Crippen LogP contribution in [-0.2, 0) is 4.79 Å². The van der Waals surface area contributed by atoms with E-state index in [1.165, 1.54) is 0 Å². The van der Waals surface area contributed by atoms with E-state index in [1.54, 1.807) is 0 Å². The first-order valence-corrected chi connectivity index (χ1v) is 5.85. The van der Waals surface area contributed by atoms with E-state index < -0.39 is 0 Å². The molecule has 0 radical (unpaired) electrons. The molecule has 0 saturated heterocycles. The standard InChI is InChI=1S/C12H26N2O/c1-7-11(4)13(5)8-9-14(6)12(15)10(2)3/h10-11H,7-9H2,1-6H3. The molecule has 0 rings (SSSR count). The second kappa shape index (κ2) is 6.83. The van der Waals surface area contributed by atoms with Crippen molar-refractivity contribution in [3.63, 3.8) is 0 Å². The molecule has 0 spiro atoms. The van der Waals surface area contributed by atoms with E-state index in [2.05, 4.69) is 25.8 Å². The summed E-state index contributed by atoms with van der Waals surface area (Å²) in [6.45, 7) is 10.0. The molecule has 1 atom stereocenters. The van der Waals surface area contributed by atoms with E-state index in [1.807, 2.05) is 25.8 Å². The minimum absolute atomic E-state index is 0.101. The van der Waals surface area contributed by atoms with Crippen molar-refractivity contribution in [2.45, 2.75) is 40.2 Å². The van der Waals surface area contributed by atoms with E-state index in [0.717, 1.165) is 19.5 Å². The topological polar surface area (TPSA) is 23.6 Å². The molecule has 0 fully saturated rings. The summed E-state index contributed by atoms with van der Waals surface area (Å²) in [5, 5.41) is 0. The third-order valence-corrected chi connectivity index (χ3v) is 3.00. The smallest absolute Gasteiger partial charge is 0.224 e. The number of carbonyl (C=O) groups is 1. The Morgan fingerprint density at radius 2 is 1.67 bits per heavy atom. The number of likely N-dealkylation sites (N-methyl/N-ethyl adjacent to an activating group) is 2. The quantitative estimate of drug-likeness (QED) is 0.673. The Bertz CT molecular complexity index is 192. The SMILES string of the molecule is CCC(C)N(C)CCN(C)C(=O)C(C)C. The van der Waals surface area contributed by atoms with Crippen molar-refractivity contribution in [1.82, 2.24) is 9.80 Å². The van der Waals surface area contributed by atoms with Gasteiger partial charge < -0.3 is 9.80 Å². The van der Waals surface area contributed by atoms with Gasteiger partial charge in [0.15, 0.2) is 0 Å². The van der Waals surface area contributed by atoms with Crippen LogP contribution in [0.3, 0.4) is 0 Å². The Kier molecular flexibility index (Phi) is 6.57. The molecule has 90 valence electrons. The third-order valence-electron chi connectivity index (χ3n) is 3.00. The molecule has 1 amide bonds. The van der Waals surface area contributed by atoms with Gasteiger partial charge in [0.2, 0.25) is 5.91 Å². The van der Waals surface area contributed by atoms with Gasteiger partial charge in [0.05, 0.1) is 0 Å². The van der Waals surface area contributed by atoms with Gasteiger partial charge in [-0.3, -0.25) is 4.79 Å². The van der Waals surface area contributed by atoms with Gasteiger partial charge in [0, 0.05) is 32.1 Å². The largest absolute Gasteiger partial charge is 0.344 e. The lowest BCUT2D eigenvalue weighted by Crippen LogP contribution is -2.39. The number of hydrogen-bond acceptors (Lipinski definition) is 2. The number of hydrogen-bond donors (Lipinski definition) is 0. The highest BCUT2D eigenvalue weighted by atomic mass is 16.2. The lowest BCUT2D eigenvalue weighted by atomic mass is 10.2. The second-order valence-electron chi connectivity index (χ2n) is 4.65. The molecular weight excluding hydrogens is 188 g/mol. The molecule has 0 heterocycles. The Morgan fingerprint density at radius 1 is 1.13 bits per heavy atom. The molecule has 0 aromatic carbocycles. The van der Waals surface area contributed by atoms with Gasteiger partial charge in [-0.25, -0.2) is 0 Å². The number of amides is 1. The summed E-state index contributed by atoms with van der Waals surface area (Å²) in [6.07, 6.45) is 1.15. The summed E-state index contributed by atoms with van der Waals surface area (Å²) < 4.78 is 0. The average molecular weight is 214 g/mol. The van der Waals surface area contributed by atoms with Crippen LogP contribution < -0.4 is 0 Å². The van der Waals surface area contributed by atoms with Crippen LogP contribution in [0, 0.1) is 5.92 Å². The van der Waals surface area contributed by atoms with Crippen LogP contribution in [0.4, 0.5) is 0 Å². The van der Waals surface area contributed by atoms with Gasteiger partial charge in [0.25, 0.3) is 0 Å². The lowest BCUT2D eigenvalue weighted by molar-refractivity contribution is -0.133. The molecule has 3 heteroatoms. The highest BCUT2D eigenvalue weighted by Crippen LogP contribution is 2.02. The van der Waals surface area contributed by atoms with Gasteiger partial charge in [-0.1, -0.05) is 20.8 Å². The molecule has 0 aliphatic heterocycles. The number of rotatable bonds is 6. The zero-order valence-corrected chi connectivity index (χ0v) is 11.1. The molecule has 3 nitrogen and oxygen atoms in total. The van der Waals surface area contributed by atoms with Crippen molar-refractivity contribution in [3.05, 3.63) is 0 Å². The minimum Gasteiger partial charge on any atom is -0.344 e. The maximum Gasteiger partial charge on any atom is 0.224 e. The predicted octanol–water partition coefficient (Wildman–Crippen LogP) is 1.83. The maximum absolute atomic E-state index is 11.6. The molecular formula is C12H26N2O. The van der Waals surface area contributed by atoms with Crippen LogP contribution in [0.15, 0.2) is 0 Å². The van der Waals surface area contributed by atoms with Crippen molar-refractivity contribution in [2.24, 2.45) is 5.92 Å². The van der Waals surface area contributed by atoms with Crippen LogP contribution >= 0.6 is 0 Å². The Morgan fingerprint density at radius 3 is 2.07 bits per heavy atom. The van der Waals surface area contributed by atoms with E-state index in [9.17, 15) is 4.79 Å². The van der Waals surface area contributed by atoms with Crippen molar-refractivity contribution in [1.29, 1.82) is 0 Å². The normalized spacial score (nSPS) is 13.3. The summed E-state index contributed by atoms with van der Waals surface area (Å²) >= 11 is 0. The molecule has 0 N–H and O–H groups in total. The molecule has 0 aromatic rings. The number of nitrogens with zero attached hydrogens (tertiary/aromatic N) is 2. The monoisotopic (exact) mass is 214 g/mol. The number of carbonyl (C=O) groups excluding carboxylic acids is 1. The van der Waals surface area contributed by atoms with Crippen LogP contribution in [0.2, 0.25) is 0 Å². The van der Waals surface area contributed by atoms with Crippen LogP contribution in [-0.4, -0.2) is 48.9 Å². The molecule has 0 aromatic heterocycles. The molecule has 15 heavy (non-hydrogen) atoms. The van der Waals surface area contributed by atoms with E-state index in [-0.39, 0.29) is 11.8 Å². The van der Waals surface area contributed by atoms with Crippen LogP contribution in [0.5, 0.6) is 0 Å². The zero-order chi connectivity index (χ0) is 12.0. The van der Waals surface area contributed by atoms with Gasteiger partial charge >= 0.3 is 0 Å². The Labute approximate surface area is 94.4 Å². The fourth-order valence-electron chi connectivity index (χ4n) is 1.39. The summed E-state index contributed by atoms with van der Waals surface area (Å²) in [5.41, 5.74) is 0. The fraction of sp³-hybridized carbons (Fsp3) is 0.917. The molecule has 0 aliphatic carbocycles. The van der Waals surface area contributed by atoms with Crippen molar-refractivity contribution in [2.75, 3.05) is 27.2 Å². The van der Waals surface area contributed by atoms with Crippen LogP contribution in [0.25, 0.3) is 0 Å². The zero-order valence-electron chi connectivity index (χ0n) is 11.1. The van der Waals surface area contributed by atoms with Gasteiger partial charge in [-0.05, 0) is 20.4 Å². The lowest BCUT2D eigenvalue weighted by Gasteiger charge is -2.27. The molecule has 0 aliphatic rings. The first-order chi connectivity index (χ1) is 6.90. The van der Waals surface area contributed by atoms with E-state index >= 15 is 0 Å². The fourth-order valence-corrected chi connectivity index (χ4v) is 1.39. The summed E-state index contributed by atoms with van der Waals surface area (Å²) in [7, 11) is 3.99. The first-order valence-electron chi connectivity index (χ1n) is 5.85. The maximum atomic E-state index is 11.6. The average Bonchev–Trinajstić information content (AvgIpc) is 2.22. The summed E-state index contributed by atoms with van der Waals surface area (Å²) in [4.78, 5) is 15.7. The highest BCUT2D eigenvalue weighted by Gasteiger charge is 2.14. The van der Waals surface area contributed by atoms with Crippen LogP contribution in [0.1, 0.15) is 34.1 Å². The molecule has 1 unspecified atom stereocenters. The van der Waals surface area contributed by atoms with E-state index in [0.29, 0.717) is 6.04 Å². The Hall–Kier alpha value is -0.570. The Balaban J connectivity index is 3.90. The second-order valence-corrected chi connectivity index (χ2v) is 4.65. The predicted molar refractivity (Wildman–Crippen MR) is 64.9 cm³/mol. The van der Waals surface area contributed by atoms with Crippen molar-refractivity contribution in [3.8, 4) is 0 Å². The third kappa shape index (κ3) is 5.17. The van der Waals surface area contributed by atoms with Gasteiger partial charge in [-0.2, -0.15) is 0 Å². The highest BCUT2D eigenvalue weighted by molar-refractivity contribution is 5.77. The van der Waals surface area contributed by atoms with Gasteiger partial charge in [0.1, 0.15) is 0 Å².